The van der Waals surface area contributed by atoms with Crippen LogP contribution in [-0.2, 0) is 11.3 Å². The lowest BCUT2D eigenvalue weighted by Gasteiger charge is -2.19. The third kappa shape index (κ3) is 2.31. The van der Waals surface area contributed by atoms with Crippen molar-refractivity contribution in [2.75, 3.05) is 20.0 Å². The van der Waals surface area contributed by atoms with Gasteiger partial charge in [0.2, 0.25) is 6.79 Å². The average molecular weight is 249 g/mol. The largest absolute Gasteiger partial charge is 0.454 e. The number of hydrogen-bond acceptors (Lipinski definition) is 4. The molecule has 2 atom stereocenters. The summed E-state index contributed by atoms with van der Waals surface area (Å²) in [5.74, 6) is 2.37. The van der Waals surface area contributed by atoms with Gasteiger partial charge < -0.3 is 19.5 Å². The van der Waals surface area contributed by atoms with Crippen molar-refractivity contribution in [3.63, 3.8) is 0 Å². The summed E-state index contributed by atoms with van der Waals surface area (Å²) in [4.78, 5) is 0. The molecule has 0 spiro atoms. The Morgan fingerprint density at radius 2 is 2.33 bits per heavy atom. The number of benzene rings is 1. The van der Waals surface area contributed by atoms with Gasteiger partial charge >= 0.3 is 0 Å². The highest BCUT2D eigenvalue weighted by atomic mass is 16.7. The van der Waals surface area contributed by atoms with Crippen LogP contribution in [0.25, 0.3) is 0 Å². The number of para-hydroxylation sites is 1. The van der Waals surface area contributed by atoms with Gasteiger partial charge in [-0.3, -0.25) is 0 Å². The van der Waals surface area contributed by atoms with Crippen LogP contribution in [0.3, 0.4) is 0 Å². The second-order valence-electron chi connectivity index (χ2n) is 4.94. The highest BCUT2D eigenvalue weighted by Crippen LogP contribution is 2.35. The van der Waals surface area contributed by atoms with E-state index < -0.39 is 0 Å². The monoisotopic (exact) mass is 249 g/mol. The van der Waals surface area contributed by atoms with E-state index in [4.69, 9.17) is 14.2 Å². The molecule has 4 nitrogen and oxygen atoms in total. The number of hydrogen-bond donors (Lipinski definition) is 1. The molecule has 1 N–H and O–H groups in total. The molecule has 0 aliphatic carbocycles. The molecule has 18 heavy (non-hydrogen) atoms. The molecule has 4 heteroatoms. The molecule has 0 radical (unpaired) electrons. The Bertz CT molecular complexity index is 416. The third-order valence-corrected chi connectivity index (χ3v) is 3.76. The summed E-state index contributed by atoms with van der Waals surface area (Å²) in [6.45, 7) is 5.14. The molecule has 1 fully saturated rings. The summed E-state index contributed by atoms with van der Waals surface area (Å²) in [7, 11) is 0. The molecule has 2 heterocycles. The van der Waals surface area contributed by atoms with Gasteiger partial charge in [-0.05, 0) is 25.3 Å². The zero-order valence-electron chi connectivity index (χ0n) is 10.6. The molecule has 0 bridgehead atoms. The van der Waals surface area contributed by atoms with Gasteiger partial charge in [0.25, 0.3) is 0 Å². The number of ether oxygens (including phenoxy) is 3. The van der Waals surface area contributed by atoms with Crippen LogP contribution in [0.5, 0.6) is 11.5 Å². The zero-order valence-corrected chi connectivity index (χ0v) is 10.6. The van der Waals surface area contributed by atoms with Gasteiger partial charge in [0.1, 0.15) is 0 Å². The summed E-state index contributed by atoms with van der Waals surface area (Å²) >= 11 is 0. The van der Waals surface area contributed by atoms with Crippen LogP contribution in [0.15, 0.2) is 18.2 Å². The van der Waals surface area contributed by atoms with E-state index in [1.807, 2.05) is 12.1 Å². The highest BCUT2D eigenvalue weighted by molar-refractivity contribution is 5.48. The van der Waals surface area contributed by atoms with E-state index >= 15 is 0 Å². The van der Waals surface area contributed by atoms with Crippen molar-refractivity contribution in [1.29, 1.82) is 0 Å². The van der Waals surface area contributed by atoms with Gasteiger partial charge in [0, 0.05) is 24.8 Å². The Balaban J connectivity index is 1.61. The van der Waals surface area contributed by atoms with E-state index in [9.17, 15) is 0 Å². The third-order valence-electron chi connectivity index (χ3n) is 3.76. The summed E-state index contributed by atoms with van der Waals surface area (Å²) in [6, 6.07) is 6.50. The van der Waals surface area contributed by atoms with E-state index in [0.717, 1.165) is 43.2 Å². The molecule has 1 aromatic carbocycles. The number of rotatable bonds is 4. The Hall–Kier alpha value is -1.26. The van der Waals surface area contributed by atoms with Crippen molar-refractivity contribution >= 4 is 0 Å². The fraction of sp³-hybridized carbons (Fsp3) is 0.571. The molecule has 98 valence electrons. The molecule has 0 amide bonds. The molecule has 0 aromatic heterocycles. The minimum atomic E-state index is 0.332. The van der Waals surface area contributed by atoms with E-state index in [1.54, 1.807) is 0 Å². The summed E-state index contributed by atoms with van der Waals surface area (Å²) < 4.78 is 16.3. The van der Waals surface area contributed by atoms with E-state index in [0.29, 0.717) is 18.8 Å². The predicted molar refractivity (Wildman–Crippen MR) is 67.8 cm³/mol. The van der Waals surface area contributed by atoms with Crippen LogP contribution in [0.4, 0.5) is 0 Å². The minimum absolute atomic E-state index is 0.332. The molecule has 1 saturated heterocycles. The number of nitrogens with one attached hydrogen (secondary N) is 1. The van der Waals surface area contributed by atoms with E-state index in [2.05, 4.69) is 18.3 Å². The van der Waals surface area contributed by atoms with E-state index in [-0.39, 0.29) is 0 Å². The first kappa shape index (κ1) is 11.8. The lowest BCUT2D eigenvalue weighted by atomic mass is 10.0. The highest BCUT2D eigenvalue weighted by Gasteiger charge is 2.23. The minimum Gasteiger partial charge on any atom is -0.454 e. The molecule has 1 aromatic rings. The fourth-order valence-corrected chi connectivity index (χ4v) is 2.51. The van der Waals surface area contributed by atoms with Gasteiger partial charge in [0.05, 0.1) is 6.61 Å². The second kappa shape index (κ2) is 5.16. The van der Waals surface area contributed by atoms with Crippen LogP contribution in [-0.4, -0.2) is 26.0 Å². The average Bonchev–Trinajstić information content (AvgIpc) is 3.05. The van der Waals surface area contributed by atoms with Gasteiger partial charge in [0.15, 0.2) is 11.5 Å². The molecule has 2 aliphatic heterocycles. The van der Waals surface area contributed by atoms with Crippen LogP contribution in [0, 0.1) is 5.92 Å². The SMILES string of the molecule is CC(NCc1cccc2c1OCO2)C1CCOC1. The standard InChI is InChI=1S/C14H19NO3/c1-10(12-5-6-16-8-12)15-7-11-3-2-4-13-14(11)18-9-17-13/h2-4,10,12,15H,5-9H2,1H3. The topological polar surface area (TPSA) is 39.7 Å². The van der Waals surface area contributed by atoms with Crippen LogP contribution in [0.2, 0.25) is 0 Å². The lowest BCUT2D eigenvalue weighted by Crippen LogP contribution is -2.33. The van der Waals surface area contributed by atoms with Gasteiger partial charge in [-0.15, -0.1) is 0 Å². The molecular formula is C14H19NO3. The maximum atomic E-state index is 5.50. The molecule has 2 aliphatic rings. The maximum absolute atomic E-state index is 5.50. The van der Waals surface area contributed by atoms with Crippen molar-refractivity contribution in [2.24, 2.45) is 5.92 Å². The zero-order chi connectivity index (χ0) is 12.4. The van der Waals surface area contributed by atoms with Gasteiger partial charge in [-0.2, -0.15) is 0 Å². The fourth-order valence-electron chi connectivity index (χ4n) is 2.51. The Labute approximate surface area is 107 Å². The first-order valence-corrected chi connectivity index (χ1v) is 6.53. The van der Waals surface area contributed by atoms with Crippen molar-refractivity contribution in [3.8, 4) is 11.5 Å². The Morgan fingerprint density at radius 3 is 3.17 bits per heavy atom. The smallest absolute Gasteiger partial charge is 0.231 e. The van der Waals surface area contributed by atoms with Crippen molar-refractivity contribution in [1.82, 2.24) is 5.32 Å². The molecular weight excluding hydrogens is 230 g/mol. The van der Waals surface area contributed by atoms with Crippen molar-refractivity contribution in [3.05, 3.63) is 23.8 Å². The van der Waals surface area contributed by atoms with Crippen LogP contribution in [0.1, 0.15) is 18.9 Å². The summed E-state index contributed by atoms with van der Waals surface area (Å²) in [6.07, 6.45) is 1.15. The first-order valence-electron chi connectivity index (χ1n) is 6.53. The molecule has 2 unspecified atom stereocenters. The predicted octanol–water partition coefficient (Wildman–Crippen LogP) is 1.93. The van der Waals surface area contributed by atoms with E-state index in [1.165, 1.54) is 0 Å². The maximum Gasteiger partial charge on any atom is 0.231 e. The Kier molecular flexibility index (Phi) is 3.39. The first-order chi connectivity index (χ1) is 8.84. The van der Waals surface area contributed by atoms with Crippen LogP contribution < -0.4 is 14.8 Å². The number of fused-ring (bicyclic) bond motifs is 1. The summed E-state index contributed by atoms with van der Waals surface area (Å²) in [5.41, 5.74) is 1.16. The molecule has 0 saturated carbocycles. The quantitative estimate of drug-likeness (QED) is 0.885. The van der Waals surface area contributed by atoms with Crippen molar-refractivity contribution in [2.45, 2.75) is 25.9 Å². The van der Waals surface area contributed by atoms with Crippen LogP contribution >= 0.6 is 0 Å². The van der Waals surface area contributed by atoms with Crippen molar-refractivity contribution < 1.29 is 14.2 Å². The second-order valence-corrected chi connectivity index (χ2v) is 4.94. The normalized spacial score (nSPS) is 23.3. The van der Waals surface area contributed by atoms with Gasteiger partial charge in [-0.25, -0.2) is 0 Å². The lowest BCUT2D eigenvalue weighted by molar-refractivity contribution is 0.172. The molecule has 3 rings (SSSR count). The summed E-state index contributed by atoms with van der Waals surface area (Å²) in [5, 5.41) is 3.56. The Morgan fingerprint density at radius 1 is 1.39 bits per heavy atom. The van der Waals surface area contributed by atoms with Gasteiger partial charge in [-0.1, -0.05) is 12.1 Å².